The van der Waals surface area contributed by atoms with Gasteiger partial charge in [-0.2, -0.15) is 8.78 Å². The van der Waals surface area contributed by atoms with E-state index in [4.69, 9.17) is 4.74 Å². The minimum absolute atomic E-state index is 0.0190. The maximum atomic E-state index is 13.9. The fourth-order valence-electron chi connectivity index (χ4n) is 4.32. The van der Waals surface area contributed by atoms with Crippen molar-refractivity contribution in [1.29, 1.82) is 0 Å². The number of unbranched alkanes of at least 4 members (excludes halogenated alkanes) is 1. The van der Waals surface area contributed by atoms with Crippen LogP contribution in [0.3, 0.4) is 0 Å². The Hall–Kier alpha value is -4.21. The van der Waals surface area contributed by atoms with Crippen LogP contribution in [0.2, 0.25) is 0 Å². The molecule has 0 heterocycles. The maximum absolute atomic E-state index is 13.9. The number of carbonyl (C=O) groups excluding carboxylic acids is 2. The van der Waals surface area contributed by atoms with Crippen LogP contribution in [-0.2, 0) is 9.53 Å². The van der Waals surface area contributed by atoms with Crippen LogP contribution in [0.15, 0.2) is 61.2 Å². The Kier molecular flexibility index (Phi) is 8.09. The molecule has 0 N–H and O–H groups in total. The largest absolute Gasteiger partial charge is 0.448 e. The van der Waals surface area contributed by atoms with Gasteiger partial charge < -0.3 is 9.47 Å². The van der Waals surface area contributed by atoms with Crippen molar-refractivity contribution in [3.05, 3.63) is 101 Å². The Bertz CT molecular complexity index is 1320. The number of amides is 1. The Morgan fingerprint density at radius 3 is 1.92 bits per heavy atom. The maximum Gasteiger partial charge on any atom is 0.410 e. The lowest BCUT2D eigenvalue weighted by Gasteiger charge is -2.23. The molecule has 0 aliphatic heterocycles. The zero-order valence-electron chi connectivity index (χ0n) is 20.0. The predicted molar refractivity (Wildman–Crippen MR) is 128 cm³/mol. The van der Waals surface area contributed by atoms with E-state index >= 15 is 0 Å². The number of fused-ring (bicyclic) bond motifs is 3. The summed E-state index contributed by atoms with van der Waals surface area (Å²) in [6.45, 7) is 2.65. The van der Waals surface area contributed by atoms with E-state index in [0.29, 0.717) is 12.8 Å². The van der Waals surface area contributed by atoms with E-state index in [2.05, 4.69) is 11.3 Å². The highest BCUT2D eigenvalue weighted by Crippen LogP contribution is 2.44. The van der Waals surface area contributed by atoms with Crippen LogP contribution in [-0.4, -0.2) is 36.7 Å². The lowest BCUT2D eigenvalue weighted by atomic mass is 9.98. The molecular formula is C28H22F5NO4. The number of nitrogens with zero attached hydrogens (tertiary/aromatic N) is 1. The predicted octanol–water partition coefficient (Wildman–Crippen LogP) is 6.50. The van der Waals surface area contributed by atoms with Gasteiger partial charge in [0.25, 0.3) is 0 Å². The molecule has 1 aliphatic rings. The van der Waals surface area contributed by atoms with Gasteiger partial charge in [0.05, 0.1) is 0 Å². The number of ether oxygens (including phenoxy) is 2. The number of rotatable bonds is 9. The molecule has 38 heavy (non-hydrogen) atoms. The third kappa shape index (κ3) is 5.25. The van der Waals surface area contributed by atoms with Crippen molar-refractivity contribution in [3.63, 3.8) is 0 Å². The van der Waals surface area contributed by atoms with E-state index in [1.807, 2.05) is 48.5 Å². The molecule has 1 amide bonds. The molecule has 198 valence electrons. The van der Waals surface area contributed by atoms with Crippen molar-refractivity contribution >= 4 is 12.1 Å². The number of halogens is 5. The fraction of sp³-hybridized carbons (Fsp3) is 0.214. The van der Waals surface area contributed by atoms with Crippen molar-refractivity contribution in [2.24, 2.45) is 0 Å². The Morgan fingerprint density at radius 2 is 1.37 bits per heavy atom. The van der Waals surface area contributed by atoms with Gasteiger partial charge in [0.15, 0.2) is 0 Å². The SMILES string of the molecule is C=CCCCN(CC(=O)Oc1c(F)c(F)c(F)c(F)c1F)C(=O)OCC1c2ccccc2-c2ccccc21. The lowest BCUT2D eigenvalue weighted by molar-refractivity contribution is -0.135. The van der Waals surface area contributed by atoms with E-state index < -0.39 is 53.4 Å². The third-order valence-corrected chi connectivity index (χ3v) is 6.14. The van der Waals surface area contributed by atoms with Gasteiger partial charge in [-0.05, 0) is 35.1 Å². The van der Waals surface area contributed by atoms with Gasteiger partial charge >= 0.3 is 12.1 Å². The quantitative estimate of drug-likeness (QED) is 0.0601. The summed E-state index contributed by atoms with van der Waals surface area (Å²) in [5.41, 5.74) is 3.95. The third-order valence-electron chi connectivity index (χ3n) is 6.14. The van der Waals surface area contributed by atoms with E-state index in [1.54, 1.807) is 6.08 Å². The van der Waals surface area contributed by atoms with Gasteiger partial charge in [-0.25, -0.2) is 22.8 Å². The highest BCUT2D eigenvalue weighted by Gasteiger charge is 2.32. The summed E-state index contributed by atoms with van der Waals surface area (Å²) in [5, 5.41) is 0. The molecule has 3 aromatic rings. The van der Waals surface area contributed by atoms with Gasteiger partial charge in [0, 0.05) is 12.5 Å². The summed E-state index contributed by atoms with van der Waals surface area (Å²) in [7, 11) is 0. The first-order chi connectivity index (χ1) is 18.2. The number of hydrogen-bond acceptors (Lipinski definition) is 4. The van der Waals surface area contributed by atoms with Crippen LogP contribution in [0.25, 0.3) is 11.1 Å². The summed E-state index contributed by atoms with van der Waals surface area (Å²) in [4.78, 5) is 26.3. The summed E-state index contributed by atoms with van der Waals surface area (Å²) < 4.78 is 78.0. The smallest absolute Gasteiger partial charge is 0.410 e. The average Bonchev–Trinajstić information content (AvgIpc) is 3.25. The second-order valence-electron chi connectivity index (χ2n) is 8.53. The first kappa shape index (κ1) is 26.8. The van der Waals surface area contributed by atoms with Crippen molar-refractivity contribution in [1.82, 2.24) is 4.90 Å². The molecule has 0 fully saturated rings. The first-order valence-electron chi connectivity index (χ1n) is 11.7. The molecule has 0 aromatic heterocycles. The molecule has 0 unspecified atom stereocenters. The summed E-state index contributed by atoms with van der Waals surface area (Å²) in [5.74, 6) is -14.9. The molecule has 3 aromatic carbocycles. The van der Waals surface area contributed by atoms with E-state index in [1.165, 1.54) is 0 Å². The summed E-state index contributed by atoms with van der Waals surface area (Å²) in [6, 6.07) is 15.3. The zero-order valence-corrected chi connectivity index (χ0v) is 20.0. The van der Waals surface area contributed by atoms with Crippen LogP contribution in [0, 0.1) is 29.1 Å². The number of allylic oxidation sites excluding steroid dienone is 1. The van der Waals surface area contributed by atoms with Crippen LogP contribution in [0.1, 0.15) is 29.9 Å². The van der Waals surface area contributed by atoms with E-state index in [-0.39, 0.29) is 19.1 Å². The van der Waals surface area contributed by atoms with Crippen LogP contribution in [0.5, 0.6) is 5.75 Å². The van der Waals surface area contributed by atoms with Gasteiger partial charge in [-0.1, -0.05) is 54.6 Å². The average molecular weight is 531 g/mol. The molecule has 0 spiro atoms. The van der Waals surface area contributed by atoms with Crippen molar-refractivity contribution < 1.29 is 41.0 Å². The van der Waals surface area contributed by atoms with Gasteiger partial charge in [-0.3, -0.25) is 4.90 Å². The molecule has 0 saturated carbocycles. The second-order valence-corrected chi connectivity index (χ2v) is 8.53. The molecular weight excluding hydrogens is 509 g/mol. The first-order valence-corrected chi connectivity index (χ1v) is 11.7. The van der Waals surface area contributed by atoms with Gasteiger partial charge in [-0.15, -0.1) is 6.58 Å². The molecule has 10 heteroatoms. The van der Waals surface area contributed by atoms with Crippen molar-refractivity contribution in [3.8, 4) is 16.9 Å². The van der Waals surface area contributed by atoms with Crippen molar-refractivity contribution in [2.45, 2.75) is 18.8 Å². The normalized spacial score (nSPS) is 12.0. The van der Waals surface area contributed by atoms with Crippen molar-refractivity contribution in [2.75, 3.05) is 19.7 Å². The van der Waals surface area contributed by atoms with E-state index in [9.17, 15) is 31.5 Å². The monoisotopic (exact) mass is 531 g/mol. The second kappa shape index (κ2) is 11.5. The summed E-state index contributed by atoms with van der Waals surface area (Å²) in [6.07, 6.45) is 1.51. The molecule has 0 saturated heterocycles. The number of benzene rings is 3. The fourth-order valence-corrected chi connectivity index (χ4v) is 4.32. The van der Waals surface area contributed by atoms with Gasteiger partial charge in [0.1, 0.15) is 13.2 Å². The molecule has 1 aliphatic carbocycles. The zero-order chi connectivity index (χ0) is 27.4. The summed E-state index contributed by atoms with van der Waals surface area (Å²) >= 11 is 0. The number of esters is 1. The topological polar surface area (TPSA) is 55.8 Å². The molecule has 0 atom stereocenters. The minimum atomic E-state index is -2.38. The highest BCUT2D eigenvalue weighted by molar-refractivity contribution is 5.81. The number of carbonyl (C=O) groups is 2. The molecule has 0 bridgehead atoms. The molecule has 4 rings (SSSR count). The highest BCUT2D eigenvalue weighted by atomic mass is 19.2. The Morgan fingerprint density at radius 1 is 0.842 bits per heavy atom. The standard InChI is InChI=1S/C28H22F5NO4/c1-2-3-8-13-34(14-21(35)38-27-25(32)23(30)22(29)24(31)26(27)33)28(36)37-15-20-18-11-6-4-9-16(18)17-10-5-7-12-19(17)20/h2,4-7,9-12,20H,1,3,8,13-15H2. The lowest BCUT2D eigenvalue weighted by Crippen LogP contribution is -2.39. The van der Waals surface area contributed by atoms with Gasteiger partial charge in [0.2, 0.25) is 34.8 Å². The Labute approximate surface area is 215 Å². The molecule has 0 radical (unpaired) electrons. The Balaban J connectivity index is 1.48. The van der Waals surface area contributed by atoms with Crippen LogP contribution in [0.4, 0.5) is 26.7 Å². The van der Waals surface area contributed by atoms with Crippen LogP contribution >= 0.6 is 0 Å². The minimum Gasteiger partial charge on any atom is -0.448 e. The number of hydrogen-bond donors (Lipinski definition) is 0. The van der Waals surface area contributed by atoms with Crippen LogP contribution < -0.4 is 4.74 Å². The van der Waals surface area contributed by atoms with E-state index in [0.717, 1.165) is 27.2 Å². The molecule has 5 nitrogen and oxygen atoms in total.